The van der Waals surface area contributed by atoms with Gasteiger partial charge in [0.25, 0.3) is 0 Å². The molecule has 2 saturated heterocycles. The number of rotatable bonds is 3. The van der Waals surface area contributed by atoms with Crippen molar-refractivity contribution >= 4 is 17.6 Å². The lowest BCUT2D eigenvalue weighted by atomic mass is 9.99. The molecule has 2 aliphatic heterocycles. The highest BCUT2D eigenvalue weighted by Gasteiger charge is 2.42. The highest BCUT2D eigenvalue weighted by Crippen LogP contribution is 2.31. The van der Waals surface area contributed by atoms with Crippen molar-refractivity contribution < 1.29 is 19.1 Å². The van der Waals surface area contributed by atoms with Crippen LogP contribution in [0.15, 0.2) is 24.3 Å². The average molecular weight is 320 g/mol. The van der Waals surface area contributed by atoms with Gasteiger partial charge in [0, 0.05) is 19.6 Å². The van der Waals surface area contributed by atoms with E-state index in [0.29, 0.717) is 31.7 Å². The van der Waals surface area contributed by atoms with Gasteiger partial charge in [-0.3, -0.25) is 14.5 Å². The van der Waals surface area contributed by atoms with Gasteiger partial charge in [-0.25, -0.2) is 4.39 Å². The molecule has 1 amide bonds. The fourth-order valence-electron chi connectivity index (χ4n) is 3.69. The summed E-state index contributed by atoms with van der Waals surface area (Å²) in [5, 5.41) is 9.26. The van der Waals surface area contributed by atoms with Gasteiger partial charge in [0.2, 0.25) is 5.91 Å². The molecule has 0 radical (unpaired) electrons. The lowest BCUT2D eigenvalue weighted by molar-refractivity contribution is -0.142. The second-order valence-corrected chi connectivity index (χ2v) is 6.48. The Balaban J connectivity index is 1.79. The van der Waals surface area contributed by atoms with Crippen LogP contribution in [0.3, 0.4) is 0 Å². The summed E-state index contributed by atoms with van der Waals surface area (Å²) in [4.78, 5) is 27.6. The SMILES string of the molecule is C[C@@H]1CN(C2CCCN(c3ccccc3F)C2=O)C[C@H]1C(=O)O. The number of carbonyl (C=O) groups is 2. The lowest BCUT2D eigenvalue weighted by Crippen LogP contribution is -2.52. The van der Waals surface area contributed by atoms with Gasteiger partial charge in [-0.05, 0) is 30.9 Å². The highest BCUT2D eigenvalue weighted by atomic mass is 19.1. The number of carboxylic acid groups (broad SMARTS) is 1. The molecule has 2 aliphatic rings. The smallest absolute Gasteiger partial charge is 0.308 e. The van der Waals surface area contributed by atoms with E-state index in [0.717, 1.165) is 6.42 Å². The Kier molecular flexibility index (Phi) is 4.35. The third kappa shape index (κ3) is 2.95. The molecule has 124 valence electrons. The fraction of sp³-hybridized carbons (Fsp3) is 0.529. The molecule has 1 aromatic carbocycles. The fourth-order valence-corrected chi connectivity index (χ4v) is 3.69. The molecule has 3 rings (SSSR count). The third-order valence-electron chi connectivity index (χ3n) is 4.95. The number of amides is 1. The number of carboxylic acids is 1. The van der Waals surface area contributed by atoms with E-state index in [1.165, 1.54) is 11.0 Å². The summed E-state index contributed by atoms with van der Waals surface area (Å²) < 4.78 is 14.0. The third-order valence-corrected chi connectivity index (χ3v) is 4.95. The van der Waals surface area contributed by atoms with E-state index in [1.807, 2.05) is 11.8 Å². The Morgan fingerprint density at radius 1 is 1.30 bits per heavy atom. The number of hydrogen-bond donors (Lipinski definition) is 1. The van der Waals surface area contributed by atoms with Crippen molar-refractivity contribution in [1.82, 2.24) is 4.90 Å². The molecule has 6 heteroatoms. The maximum atomic E-state index is 14.0. The predicted octanol–water partition coefficient (Wildman–Crippen LogP) is 1.97. The molecule has 5 nitrogen and oxygen atoms in total. The van der Waals surface area contributed by atoms with Crippen molar-refractivity contribution in [2.24, 2.45) is 11.8 Å². The molecule has 1 unspecified atom stereocenters. The number of piperidine rings is 1. The van der Waals surface area contributed by atoms with Gasteiger partial charge in [-0.15, -0.1) is 0 Å². The van der Waals surface area contributed by atoms with E-state index < -0.39 is 17.7 Å². The summed E-state index contributed by atoms with van der Waals surface area (Å²) in [6, 6.07) is 5.93. The van der Waals surface area contributed by atoms with Gasteiger partial charge in [0.05, 0.1) is 17.6 Å². The molecule has 0 bridgehead atoms. The van der Waals surface area contributed by atoms with Crippen LogP contribution in [-0.2, 0) is 9.59 Å². The number of benzene rings is 1. The van der Waals surface area contributed by atoms with Crippen molar-refractivity contribution in [1.29, 1.82) is 0 Å². The number of hydrogen-bond acceptors (Lipinski definition) is 3. The van der Waals surface area contributed by atoms with Crippen molar-refractivity contribution in [2.75, 3.05) is 24.5 Å². The zero-order chi connectivity index (χ0) is 16.6. The molecule has 2 fully saturated rings. The minimum absolute atomic E-state index is 0.0177. The molecule has 0 saturated carbocycles. The zero-order valence-electron chi connectivity index (χ0n) is 13.1. The minimum atomic E-state index is -0.811. The summed E-state index contributed by atoms with van der Waals surface area (Å²) in [6.45, 7) is 3.39. The molecular formula is C17H21FN2O3. The quantitative estimate of drug-likeness (QED) is 0.925. The number of anilines is 1. The summed E-state index contributed by atoms with van der Waals surface area (Å²) in [5.74, 6) is -1.76. The monoisotopic (exact) mass is 320 g/mol. The van der Waals surface area contributed by atoms with E-state index in [-0.39, 0.29) is 17.9 Å². The van der Waals surface area contributed by atoms with Crippen molar-refractivity contribution in [2.45, 2.75) is 25.8 Å². The first-order valence-corrected chi connectivity index (χ1v) is 8.02. The molecule has 3 atom stereocenters. The second kappa shape index (κ2) is 6.28. The molecule has 0 spiro atoms. The Bertz CT molecular complexity index is 622. The molecular weight excluding hydrogens is 299 g/mol. The number of aliphatic carboxylic acids is 1. The standard InChI is InChI=1S/C17H21FN2O3/c1-11-9-19(10-12(11)17(22)23)15-7-4-8-20(16(15)21)14-6-3-2-5-13(14)18/h2-3,5-6,11-12,15H,4,7-10H2,1H3,(H,22,23)/t11-,12-,15?/m1/s1. The van der Waals surface area contributed by atoms with Crippen LogP contribution in [-0.4, -0.2) is 47.6 Å². The first kappa shape index (κ1) is 15.9. The van der Waals surface area contributed by atoms with Gasteiger partial charge in [0.15, 0.2) is 0 Å². The Morgan fingerprint density at radius 3 is 2.70 bits per heavy atom. The van der Waals surface area contributed by atoms with Crippen LogP contribution >= 0.6 is 0 Å². The molecule has 2 heterocycles. The number of nitrogens with zero attached hydrogens (tertiary/aromatic N) is 2. The van der Waals surface area contributed by atoms with Crippen LogP contribution in [0.4, 0.5) is 10.1 Å². The van der Waals surface area contributed by atoms with Crippen molar-refractivity contribution in [3.63, 3.8) is 0 Å². The molecule has 0 aliphatic carbocycles. The largest absolute Gasteiger partial charge is 0.481 e. The topological polar surface area (TPSA) is 60.9 Å². The first-order valence-electron chi connectivity index (χ1n) is 8.02. The summed E-state index contributed by atoms with van der Waals surface area (Å²) in [7, 11) is 0. The van der Waals surface area contributed by atoms with Crippen LogP contribution < -0.4 is 4.90 Å². The molecule has 1 aromatic rings. The van der Waals surface area contributed by atoms with E-state index in [9.17, 15) is 19.1 Å². The van der Waals surface area contributed by atoms with Gasteiger partial charge < -0.3 is 10.0 Å². The second-order valence-electron chi connectivity index (χ2n) is 6.48. The van der Waals surface area contributed by atoms with E-state index in [2.05, 4.69) is 0 Å². The Labute approximate surface area is 134 Å². The van der Waals surface area contributed by atoms with Crippen LogP contribution in [0, 0.1) is 17.7 Å². The zero-order valence-corrected chi connectivity index (χ0v) is 13.1. The molecule has 23 heavy (non-hydrogen) atoms. The molecule has 0 aromatic heterocycles. The van der Waals surface area contributed by atoms with Gasteiger partial charge in [-0.2, -0.15) is 0 Å². The van der Waals surface area contributed by atoms with E-state index in [4.69, 9.17) is 0 Å². The Hall–Kier alpha value is -1.95. The van der Waals surface area contributed by atoms with Crippen LogP contribution in [0.25, 0.3) is 0 Å². The van der Waals surface area contributed by atoms with Crippen LogP contribution in [0.2, 0.25) is 0 Å². The van der Waals surface area contributed by atoms with Gasteiger partial charge in [-0.1, -0.05) is 19.1 Å². The van der Waals surface area contributed by atoms with Crippen molar-refractivity contribution in [3.8, 4) is 0 Å². The highest BCUT2D eigenvalue weighted by molar-refractivity contribution is 5.98. The van der Waals surface area contributed by atoms with E-state index in [1.54, 1.807) is 18.2 Å². The van der Waals surface area contributed by atoms with Crippen LogP contribution in [0.1, 0.15) is 19.8 Å². The predicted molar refractivity (Wildman–Crippen MR) is 83.6 cm³/mol. The number of halogens is 1. The maximum absolute atomic E-state index is 14.0. The molecule has 1 N–H and O–H groups in total. The van der Waals surface area contributed by atoms with Crippen LogP contribution in [0.5, 0.6) is 0 Å². The number of carbonyl (C=O) groups excluding carboxylic acids is 1. The summed E-state index contributed by atoms with van der Waals surface area (Å²) in [5.41, 5.74) is 0.309. The van der Waals surface area contributed by atoms with Gasteiger partial charge >= 0.3 is 5.97 Å². The first-order chi connectivity index (χ1) is 11.0. The summed E-state index contributed by atoms with van der Waals surface area (Å²) >= 11 is 0. The van der Waals surface area contributed by atoms with E-state index >= 15 is 0 Å². The number of likely N-dealkylation sites (tertiary alicyclic amines) is 1. The summed E-state index contributed by atoms with van der Waals surface area (Å²) in [6.07, 6.45) is 1.48. The van der Waals surface area contributed by atoms with Gasteiger partial charge in [0.1, 0.15) is 5.82 Å². The minimum Gasteiger partial charge on any atom is -0.481 e. The average Bonchev–Trinajstić information content (AvgIpc) is 2.90. The normalized spacial score (nSPS) is 29.0. The number of para-hydroxylation sites is 1. The Morgan fingerprint density at radius 2 is 2.04 bits per heavy atom. The lowest BCUT2D eigenvalue weighted by Gasteiger charge is -2.37. The maximum Gasteiger partial charge on any atom is 0.308 e. The van der Waals surface area contributed by atoms with Crippen molar-refractivity contribution in [3.05, 3.63) is 30.1 Å².